The lowest BCUT2D eigenvalue weighted by molar-refractivity contribution is 0.0689. The van der Waals surface area contributed by atoms with E-state index in [1.165, 1.54) is 24.4 Å². The summed E-state index contributed by atoms with van der Waals surface area (Å²) in [6.07, 6.45) is 2.64. The fourth-order valence-corrected chi connectivity index (χ4v) is 2.90. The molecule has 0 bridgehead atoms. The van der Waals surface area contributed by atoms with Crippen LogP contribution in [-0.4, -0.2) is 42.2 Å². The molecule has 7 nitrogen and oxygen atoms in total. The van der Waals surface area contributed by atoms with E-state index in [1.54, 1.807) is 0 Å². The van der Waals surface area contributed by atoms with E-state index in [9.17, 15) is 18.0 Å². The van der Waals surface area contributed by atoms with Crippen LogP contribution in [0.4, 0.5) is 0 Å². The predicted molar refractivity (Wildman–Crippen MR) is 65.4 cm³/mol. The molecule has 1 aliphatic heterocycles. The third kappa shape index (κ3) is 2.97. The van der Waals surface area contributed by atoms with Crippen LogP contribution < -0.4 is 5.32 Å². The van der Waals surface area contributed by atoms with Crippen LogP contribution in [-0.2, 0) is 9.84 Å². The summed E-state index contributed by atoms with van der Waals surface area (Å²) in [6, 6.07) is 1.99. The number of sulfone groups is 1. The van der Waals surface area contributed by atoms with Crippen LogP contribution in [0, 0.1) is 0 Å². The van der Waals surface area contributed by atoms with Gasteiger partial charge in [0.1, 0.15) is 5.69 Å². The van der Waals surface area contributed by atoms with Gasteiger partial charge in [0.15, 0.2) is 9.84 Å². The molecule has 1 amide bonds. The highest BCUT2D eigenvalue weighted by Crippen LogP contribution is 2.10. The number of carboxylic acid groups (broad SMARTS) is 1. The maximum absolute atomic E-state index is 11.9. The van der Waals surface area contributed by atoms with E-state index in [0.29, 0.717) is 0 Å². The minimum Gasteiger partial charge on any atom is -0.478 e. The highest BCUT2D eigenvalue weighted by atomic mass is 32.2. The fourth-order valence-electron chi connectivity index (χ4n) is 1.66. The number of nitrogens with zero attached hydrogens (tertiary/aromatic N) is 1. The smallest absolute Gasteiger partial charge is 0.338 e. The molecule has 2 heterocycles. The van der Waals surface area contributed by atoms with Gasteiger partial charge in [-0.1, -0.05) is 0 Å². The van der Waals surface area contributed by atoms with E-state index >= 15 is 0 Å². The van der Waals surface area contributed by atoms with Gasteiger partial charge in [-0.3, -0.25) is 9.78 Å². The Bertz CT molecular complexity index is 665. The summed E-state index contributed by atoms with van der Waals surface area (Å²) >= 11 is 0. The maximum atomic E-state index is 11.9. The van der Waals surface area contributed by atoms with Crippen molar-refractivity contribution >= 4 is 21.7 Å². The summed E-state index contributed by atoms with van der Waals surface area (Å²) in [7, 11) is -3.28. The summed E-state index contributed by atoms with van der Waals surface area (Å²) in [5.41, 5.74) is -0.475. The Kier molecular flexibility index (Phi) is 3.34. The zero-order chi connectivity index (χ0) is 14.0. The number of aromatic carboxylic acids is 1. The zero-order valence-corrected chi connectivity index (χ0v) is 10.4. The Morgan fingerprint density at radius 2 is 2.16 bits per heavy atom. The summed E-state index contributed by atoms with van der Waals surface area (Å²) < 4.78 is 22.4. The van der Waals surface area contributed by atoms with E-state index in [1.807, 2.05) is 0 Å². The van der Waals surface area contributed by atoms with E-state index in [2.05, 4.69) is 10.3 Å². The molecule has 1 aromatic heterocycles. The molecule has 0 saturated heterocycles. The van der Waals surface area contributed by atoms with Crippen LogP contribution in [0.1, 0.15) is 20.8 Å². The molecule has 0 aromatic carbocycles. The number of hydrogen-bond acceptors (Lipinski definition) is 5. The van der Waals surface area contributed by atoms with Gasteiger partial charge in [-0.05, 0) is 18.2 Å². The largest absolute Gasteiger partial charge is 0.478 e. The molecule has 100 valence electrons. The third-order valence-corrected chi connectivity index (χ3v) is 3.90. The lowest BCUT2D eigenvalue weighted by Crippen LogP contribution is -2.36. The number of hydrogen-bond donors (Lipinski definition) is 2. The summed E-state index contributed by atoms with van der Waals surface area (Å²) in [4.78, 5) is 26.5. The zero-order valence-electron chi connectivity index (χ0n) is 9.61. The first kappa shape index (κ1) is 13.2. The molecule has 0 saturated carbocycles. The second kappa shape index (κ2) is 4.81. The standard InChI is InChI=1S/C11H10N2O5S/c14-10(13-7-3-5-19(17,18)6-7)9-8(11(15)16)2-1-4-12-9/h1-5,7H,6H2,(H,13,14)(H,15,16). The molecule has 1 atom stereocenters. The highest BCUT2D eigenvalue weighted by molar-refractivity contribution is 7.94. The van der Waals surface area contributed by atoms with E-state index < -0.39 is 27.8 Å². The second-order valence-corrected chi connectivity index (χ2v) is 5.87. The number of aromatic nitrogens is 1. The van der Waals surface area contributed by atoms with Crippen molar-refractivity contribution in [1.29, 1.82) is 0 Å². The van der Waals surface area contributed by atoms with Crippen LogP contribution in [0.5, 0.6) is 0 Å². The van der Waals surface area contributed by atoms with E-state index in [-0.39, 0.29) is 17.0 Å². The van der Waals surface area contributed by atoms with E-state index in [4.69, 9.17) is 5.11 Å². The van der Waals surface area contributed by atoms with Gasteiger partial charge in [0.05, 0.1) is 17.4 Å². The van der Waals surface area contributed by atoms with Crippen LogP contribution in [0.3, 0.4) is 0 Å². The van der Waals surface area contributed by atoms with Crippen molar-refractivity contribution in [1.82, 2.24) is 10.3 Å². The van der Waals surface area contributed by atoms with Crippen molar-refractivity contribution < 1.29 is 23.1 Å². The van der Waals surface area contributed by atoms with Crippen LogP contribution in [0.25, 0.3) is 0 Å². The molecule has 0 radical (unpaired) electrons. The number of carbonyl (C=O) groups excluding carboxylic acids is 1. The lowest BCUT2D eigenvalue weighted by Gasteiger charge is -2.10. The molecular formula is C11H10N2O5S. The summed E-state index contributed by atoms with van der Waals surface area (Å²) in [5, 5.41) is 12.4. The number of carbonyl (C=O) groups is 2. The maximum Gasteiger partial charge on any atom is 0.338 e. The Morgan fingerprint density at radius 3 is 2.74 bits per heavy atom. The quantitative estimate of drug-likeness (QED) is 0.795. The van der Waals surface area contributed by atoms with E-state index in [0.717, 1.165) is 5.41 Å². The average molecular weight is 282 g/mol. The Hall–Kier alpha value is -2.22. The van der Waals surface area contributed by atoms with Crippen molar-refractivity contribution in [2.24, 2.45) is 0 Å². The average Bonchev–Trinajstić information content (AvgIpc) is 2.68. The van der Waals surface area contributed by atoms with Gasteiger partial charge in [-0.25, -0.2) is 13.2 Å². The lowest BCUT2D eigenvalue weighted by atomic mass is 10.2. The third-order valence-electron chi connectivity index (χ3n) is 2.50. The first-order chi connectivity index (χ1) is 8.89. The molecule has 1 aliphatic rings. The van der Waals surface area contributed by atoms with Gasteiger partial charge >= 0.3 is 5.97 Å². The monoisotopic (exact) mass is 282 g/mol. The van der Waals surface area contributed by atoms with Crippen molar-refractivity contribution in [3.63, 3.8) is 0 Å². The van der Waals surface area contributed by atoms with Gasteiger partial charge in [-0.2, -0.15) is 0 Å². The topological polar surface area (TPSA) is 113 Å². The molecule has 1 aromatic rings. The Morgan fingerprint density at radius 1 is 1.42 bits per heavy atom. The Labute approximate surface area is 108 Å². The van der Waals surface area contributed by atoms with Gasteiger partial charge in [0, 0.05) is 11.6 Å². The number of carboxylic acids is 1. The fraction of sp³-hybridized carbons (Fsp3) is 0.182. The van der Waals surface area contributed by atoms with Crippen LogP contribution in [0.15, 0.2) is 29.8 Å². The predicted octanol–water partition coefficient (Wildman–Crippen LogP) is -0.180. The number of pyridine rings is 1. The molecule has 2 rings (SSSR count). The van der Waals surface area contributed by atoms with Gasteiger partial charge < -0.3 is 10.4 Å². The van der Waals surface area contributed by atoms with Crippen LogP contribution in [0.2, 0.25) is 0 Å². The first-order valence-electron chi connectivity index (χ1n) is 5.29. The molecule has 8 heteroatoms. The van der Waals surface area contributed by atoms with Crippen molar-refractivity contribution in [3.8, 4) is 0 Å². The van der Waals surface area contributed by atoms with Gasteiger partial charge in [-0.15, -0.1) is 0 Å². The number of nitrogens with one attached hydrogen (secondary N) is 1. The molecule has 0 spiro atoms. The molecule has 19 heavy (non-hydrogen) atoms. The second-order valence-electron chi connectivity index (χ2n) is 3.94. The molecule has 0 fully saturated rings. The van der Waals surface area contributed by atoms with Gasteiger partial charge in [0.2, 0.25) is 0 Å². The van der Waals surface area contributed by atoms with Crippen molar-refractivity contribution in [2.75, 3.05) is 5.75 Å². The number of amides is 1. The normalized spacial score (nSPS) is 20.1. The first-order valence-corrected chi connectivity index (χ1v) is 7.01. The molecule has 2 N–H and O–H groups in total. The van der Waals surface area contributed by atoms with Crippen LogP contribution >= 0.6 is 0 Å². The van der Waals surface area contributed by atoms with Crippen molar-refractivity contribution in [2.45, 2.75) is 6.04 Å². The molecule has 0 aliphatic carbocycles. The highest BCUT2D eigenvalue weighted by Gasteiger charge is 2.25. The number of rotatable bonds is 3. The summed E-state index contributed by atoms with van der Waals surface area (Å²) in [6.45, 7) is 0. The molecular weight excluding hydrogens is 272 g/mol. The minimum absolute atomic E-state index is 0.228. The SMILES string of the molecule is O=C(O)c1cccnc1C(=O)NC1C=CS(=O)(=O)C1. The van der Waals surface area contributed by atoms with Gasteiger partial charge in [0.25, 0.3) is 5.91 Å². The van der Waals surface area contributed by atoms with Crippen molar-refractivity contribution in [3.05, 3.63) is 41.1 Å². The Balaban J connectivity index is 2.18. The molecule has 1 unspecified atom stereocenters. The minimum atomic E-state index is -3.28. The summed E-state index contributed by atoms with van der Waals surface area (Å²) in [5.74, 6) is -2.22.